The van der Waals surface area contributed by atoms with Gasteiger partial charge >= 0.3 is 6.36 Å². The summed E-state index contributed by atoms with van der Waals surface area (Å²) >= 11 is 0. The van der Waals surface area contributed by atoms with Crippen molar-refractivity contribution in [3.8, 4) is 0 Å². The normalized spacial score (nSPS) is 29.1. The van der Waals surface area contributed by atoms with E-state index < -0.39 is 12.5 Å². The van der Waals surface area contributed by atoms with Crippen LogP contribution in [0.3, 0.4) is 0 Å². The standard InChI is InChI=1S/C8H14F3NO2/c9-8(10,11)14-4-2-6-5-12-3-1-7(6)13/h6-7,12-13H,1-5H2. The fraction of sp³-hybridized carbons (Fsp3) is 1.00. The molecule has 3 nitrogen and oxygen atoms in total. The first-order valence-electron chi connectivity index (χ1n) is 4.58. The molecule has 1 saturated heterocycles. The fourth-order valence-electron chi connectivity index (χ4n) is 1.53. The largest absolute Gasteiger partial charge is 0.522 e. The number of ether oxygens (including phenoxy) is 1. The van der Waals surface area contributed by atoms with Gasteiger partial charge in [0.25, 0.3) is 0 Å². The van der Waals surface area contributed by atoms with Crippen LogP contribution in [0.25, 0.3) is 0 Å². The summed E-state index contributed by atoms with van der Waals surface area (Å²) in [5.41, 5.74) is 0. The first-order valence-corrected chi connectivity index (χ1v) is 4.58. The molecule has 2 unspecified atom stereocenters. The molecule has 0 amide bonds. The van der Waals surface area contributed by atoms with Gasteiger partial charge in [-0.3, -0.25) is 4.74 Å². The van der Waals surface area contributed by atoms with Gasteiger partial charge in [-0.2, -0.15) is 0 Å². The minimum Gasteiger partial charge on any atom is -0.393 e. The maximum absolute atomic E-state index is 11.6. The molecule has 0 bridgehead atoms. The highest BCUT2D eigenvalue weighted by molar-refractivity contribution is 4.76. The van der Waals surface area contributed by atoms with Crippen molar-refractivity contribution < 1.29 is 23.0 Å². The third kappa shape index (κ3) is 4.26. The summed E-state index contributed by atoms with van der Waals surface area (Å²) in [5.74, 6) is -0.133. The van der Waals surface area contributed by atoms with Gasteiger partial charge in [-0.15, -0.1) is 13.2 Å². The first kappa shape index (κ1) is 11.7. The zero-order valence-corrected chi connectivity index (χ0v) is 7.68. The van der Waals surface area contributed by atoms with Gasteiger partial charge in [0.15, 0.2) is 0 Å². The van der Waals surface area contributed by atoms with Crippen molar-refractivity contribution >= 4 is 0 Å². The SMILES string of the molecule is OC1CCNCC1CCOC(F)(F)F. The lowest BCUT2D eigenvalue weighted by molar-refractivity contribution is -0.325. The van der Waals surface area contributed by atoms with Crippen molar-refractivity contribution in [2.75, 3.05) is 19.7 Å². The maximum atomic E-state index is 11.6. The van der Waals surface area contributed by atoms with Crippen LogP contribution < -0.4 is 5.32 Å². The molecule has 14 heavy (non-hydrogen) atoms. The second-order valence-electron chi connectivity index (χ2n) is 3.40. The molecule has 1 heterocycles. The Balaban J connectivity index is 2.17. The Labute approximate surface area is 80.2 Å². The molecule has 0 radical (unpaired) electrons. The second kappa shape index (κ2) is 4.95. The van der Waals surface area contributed by atoms with E-state index in [2.05, 4.69) is 10.1 Å². The molecule has 1 aliphatic heterocycles. The number of halogens is 3. The molecule has 0 aliphatic carbocycles. The molecule has 1 aliphatic rings. The zero-order valence-electron chi connectivity index (χ0n) is 7.68. The van der Waals surface area contributed by atoms with E-state index in [9.17, 15) is 18.3 Å². The van der Waals surface area contributed by atoms with Crippen molar-refractivity contribution in [2.24, 2.45) is 5.92 Å². The van der Waals surface area contributed by atoms with Crippen LogP contribution in [0, 0.1) is 5.92 Å². The molecule has 0 aromatic heterocycles. The molecule has 6 heteroatoms. The van der Waals surface area contributed by atoms with Gasteiger partial charge in [-0.05, 0) is 25.3 Å². The van der Waals surface area contributed by atoms with Gasteiger partial charge in [-0.1, -0.05) is 0 Å². The maximum Gasteiger partial charge on any atom is 0.522 e. The van der Waals surface area contributed by atoms with E-state index in [0.717, 1.165) is 6.54 Å². The lowest BCUT2D eigenvalue weighted by atomic mass is 9.93. The third-order valence-corrected chi connectivity index (χ3v) is 2.32. The number of rotatable bonds is 3. The summed E-state index contributed by atoms with van der Waals surface area (Å²) in [4.78, 5) is 0. The molecule has 0 aromatic rings. The summed E-state index contributed by atoms with van der Waals surface area (Å²) in [6, 6.07) is 0. The molecule has 1 fully saturated rings. The Hall–Kier alpha value is -0.330. The number of hydrogen-bond donors (Lipinski definition) is 2. The van der Waals surface area contributed by atoms with Crippen molar-refractivity contribution in [3.05, 3.63) is 0 Å². The first-order chi connectivity index (χ1) is 6.49. The number of nitrogens with one attached hydrogen (secondary N) is 1. The average molecular weight is 213 g/mol. The Morgan fingerprint density at radius 1 is 1.43 bits per heavy atom. The van der Waals surface area contributed by atoms with Crippen molar-refractivity contribution in [2.45, 2.75) is 25.3 Å². The van der Waals surface area contributed by atoms with Crippen molar-refractivity contribution in [3.63, 3.8) is 0 Å². The fourth-order valence-corrected chi connectivity index (χ4v) is 1.53. The summed E-state index contributed by atoms with van der Waals surface area (Å²) in [7, 11) is 0. The zero-order chi connectivity index (χ0) is 10.6. The van der Waals surface area contributed by atoms with Crippen LogP contribution in [0.1, 0.15) is 12.8 Å². The molecule has 2 atom stereocenters. The molecule has 0 saturated carbocycles. The van der Waals surface area contributed by atoms with Gasteiger partial charge in [0.1, 0.15) is 0 Å². The number of piperidine rings is 1. The van der Waals surface area contributed by atoms with Crippen LogP contribution in [0.2, 0.25) is 0 Å². The van der Waals surface area contributed by atoms with E-state index in [1.54, 1.807) is 0 Å². The highest BCUT2D eigenvalue weighted by Crippen LogP contribution is 2.20. The minimum atomic E-state index is -4.56. The summed E-state index contributed by atoms with van der Waals surface area (Å²) in [5, 5.41) is 12.4. The number of alkyl halides is 3. The molecule has 84 valence electrons. The van der Waals surface area contributed by atoms with E-state index >= 15 is 0 Å². The molecule has 2 N–H and O–H groups in total. The van der Waals surface area contributed by atoms with Crippen molar-refractivity contribution in [1.29, 1.82) is 0 Å². The van der Waals surface area contributed by atoms with E-state index in [1.165, 1.54) is 0 Å². The Bertz CT molecular complexity index is 174. The van der Waals surface area contributed by atoms with Crippen LogP contribution in [0.5, 0.6) is 0 Å². The summed E-state index contributed by atoms with van der Waals surface area (Å²) < 4.78 is 38.5. The predicted molar refractivity (Wildman–Crippen MR) is 43.6 cm³/mol. The molecule has 0 spiro atoms. The number of hydrogen-bond acceptors (Lipinski definition) is 3. The number of aliphatic hydroxyl groups excluding tert-OH is 1. The summed E-state index contributed by atoms with van der Waals surface area (Å²) in [6.45, 7) is 0.896. The van der Waals surface area contributed by atoms with Crippen LogP contribution in [-0.2, 0) is 4.74 Å². The second-order valence-corrected chi connectivity index (χ2v) is 3.40. The molecular formula is C8H14F3NO2. The van der Waals surface area contributed by atoms with E-state index in [4.69, 9.17) is 0 Å². The third-order valence-electron chi connectivity index (χ3n) is 2.32. The monoisotopic (exact) mass is 213 g/mol. The summed E-state index contributed by atoms with van der Waals surface area (Å²) in [6.07, 6.45) is -4.25. The Kier molecular flexibility index (Phi) is 4.15. The predicted octanol–water partition coefficient (Wildman–Crippen LogP) is 0.883. The molecular weight excluding hydrogens is 199 g/mol. The number of aliphatic hydroxyl groups is 1. The lowest BCUT2D eigenvalue weighted by Crippen LogP contribution is -2.40. The van der Waals surface area contributed by atoms with Gasteiger partial charge in [0, 0.05) is 6.54 Å². The Morgan fingerprint density at radius 3 is 2.71 bits per heavy atom. The molecule has 1 rings (SSSR count). The minimum absolute atomic E-state index is 0.133. The van der Waals surface area contributed by atoms with E-state index in [1.807, 2.05) is 0 Å². The Morgan fingerprint density at radius 2 is 2.14 bits per heavy atom. The van der Waals surface area contributed by atoms with Crippen molar-refractivity contribution in [1.82, 2.24) is 5.32 Å². The van der Waals surface area contributed by atoms with E-state index in [-0.39, 0.29) is 18.9 Å². The smallest absolute Gasteiger partial charge is 0.393 e. The highest BCUT2D eigenvalue weighted by Gasteiger charge is 2.30. The van der Waals surface area contributed by atoms with Crippen LogP contribution >= 0.6 is 0 Å². The quantitative estimate of drug-likeness (QED) is 0.731. The topological polar surface area (TPSA) is 41.5 Å². The van der Waals surface area contributed by atoms with Crippen LogP contribution in [0.15, 0.2) is 0 Å². The highest BCUT2D eigenvalue weighted by atomic mass is 19.4. The molecule has 0 aromatic carbocycles. The van der Waals surface area contributed by atoms with Gasteiger partial charge in [0.2, 0.25) is 0 Å². The van der Waals surface area contributed by atoms with Crippen LogP contribution in [-0.4, -0.2) is 37.3 Å². The lowest BCUT2D eigenvalue weighted by Gasteiger charge is -2.28. The van der Waals surface area contributed by atoms with E-state index in [0.29, 0.717) is 13.0 Å². The van der Waals surface area contributed by atoms with Crippen LogP contribution in [0.4, 0.5) is 13.2 Å². The van der Waals surface area contributed by atoms with Gasteiger partial charge < -0.3 is 10.4 Å². The van der Waals surface area contributed by atoms with Gasteiger partial charge in [-0.25, -0.2) is 0 Å². The average Bonchev–Trinajstić information content (AvgIpc) is 2.06. The van der Waals surface area contributed by atoms with Gasteiger partial charge in [0.05, 0.1) is 12.7 Å².